The monoisotopic (exact) mass is 446 g/mol. The fourth-order valence-electron chi connectivity index (χ4n) is 2.88. The van der Waals surface area contributed by atoms with Gasteiger partial charge < -0.3 is 5.11 Å². The largest absolute Gasteiger partial charge is 0.476 e. The van der Waals surface area contributed by atoms with Gasteiger partial charge in [0.2, 0.25) is 0 Å². The predicted octanol–water partition coefficient (Wildman–Crippen LogP) is 3.46. The van der Waals surface area contributed by atoms with Crippen molar-refractivity contribution in [3.05, 3.63) is 51.9 Å². The second-order valence-corrected chi connectivity index (χ2v) is 6.57. The molecule has 1 aromatic heterocycles. The molecule has 1 fully saturated rings. The van der Waals surface area contributed by atoms with Crippen molar-refractivity contribution < 1.29 is 37.1 Å². The van der Waals surface area contributed by atoms with Crippen LogP contribution >= 0.6 is 11.6 Å². The van der Waals surface area contributed by atoms with Crippen molar-refractivity contribution >= 4 is 35.3 Å². The van der Waals surface area contributed by atoms with Crippen molar-refractivity contribution in [2.45, 2.75) is 12.6 Å². The zero-order chi connectivity index (χ0) is 22.2. The smallest absolute Gasteiger partial charge is 0.420 e. The van der Waals surface area contributed by atoms with E-state index in [2.05, 4.69) is 10.2 Å². The molecule has 158 valence electrons. The molecule has 1 saturated heterocycles. The van der Waals surface area contributed by atoms with Crippen LogP contribution in [0, 0.1) is 5.82 Å². The summed E-state index contributed by atoms with van der Waals surface area (Å²) >= 11 is 5.62. The summed E-state index contributed by atoms with van der Waals surface area (Å²) in [6.07, 6.45) is -5.03. The number of alkyl halides is 3. The molecule has 0 radical (unpaired) electrons. The molecule has 2 heterocycles. The van der Waals surface area contributed by atoms with E-state index in [1.807, 2.05) is 0 Å². The molecule has 1 aromatic carbocycles. The lowest BCUT2D eigenvalue weighted by Crippen LogP contribution is -2.52. The van der Waals surface area contributed by atoms with E-state index < -0.39 is 46.1 Å². The van der Waals surface area contributed by atoms with Crippen molar-refractivity contribution in [3.8, 4) is 0 Å². The molecular weight excluding hydrogens is 436 g/mol. The maximum atomic E-state index is 13.9. The lowest BCUT2D eigenvalue weighted by molar-refractivity contribution is -0.140. The van der Waals surface area contributed by atoms with Gasteiger partial charge >= 0.3 is 18.2 Å². The van der Waals surface area contributed by atoms with Crippen LogP contribution in [0.2, 0.25) is 5.02 Å². The normalized spacial score (nSPS) is 14.8. The molecule has 30 heavy (non-hydrogen) atoms. The summed E-state index contributed by atoms with van der Waals surface area (Å²) in [5.41, 5.74) is -3.32. The van der Waals surface area contributed by atoms with Crippen LogP contribution in [0.5, 0.6) is 0 Å². The number of amides is 3. The van der Waals surface area contributed by atoms with E-state index >= 15 is 0 Å². The van der Waals surface area contributed by atoms with Gasteiger partial charge in [0.05, 0.1) is 5.56 Å². The SMILES string of the molecule is O=C(O)c1ccc(N2CCCN(C(=O)c3cc(Cl)cc(F)c3C(F)(F)F)C2=O)nn1. The fraction of sp³-hybridized carbons (Fsp3) is 0.235. The highest BCUT2D eigenvalue weighted by Gasteiger charge is 2.42. The first kappa shape index (κ1) is 21.4. The van der Waals surface area contributed by atoms with Crippen LogP contribution in [0.15, 0.2) is 24.3 Å². The van der Waals surface area contributed by atoms with Gasteiger partial charge in [-0.15, -0.1) is 10.2 Å². The van der Waals surface area contributed by atoms with Gasteiger partial charge in [-0.2, -0.15) is 13.2 Å². The standard InChI is InChI=1S/C17H11ClF4N4O4/c18-8-6-9(13(10(19)7-8)17(20,21)22)14(27)26-5-1-4-25(16(26)30)12-3-2-11(15(28)29)23-24-12/h2-3,6-7H,1,4-5H2,(H,28,29). The predicted molar refractivity (Wildman–Crippen MR) is 93.8 cm³/mol. The second-order valence-electron chi connectivity index (χ2n) is 6.13. The summed E-state index contributed by atoms with van der Waals surface area (Å²) in [6.45, 7) is -0.167. The Morgan fingerprint density at radius 2 is 1.83 bits per heavy atom. The number of rotatable bonds is 3. The number of hydrogen-bond acceptors (Lipinski definition) is 5. The number of anilines is 1. The molecule has 2 aromatic rings. The summed E-state index contributed by atoms with van der Waals surface area (Å²) in [5, 5.41) is 15.4. The first-order valence-electron chi connectivity index (χ1n) is 8.27. The Morgan fingerprint density at radius 3 is 2.40 bits per heavy atom. The van der Waals surface area contributed by atoms with Crippen molar-refractivity contribution in [1.82, 2.24) is 15.1 Å². The Hall–Kier alpha value is -3.28. The Bertz CT molecular complexity index is 1030. The molecule has 8 nitrogen and oxygen atoms in total. The Labute approximate surface area is 170 Å². The summed E-state index contributed by atoms with van der Waals surface area (Å²) in [4.78, 5) is 37.8. The van der Waals surface area contributed by atoms with E-state index in [0.717, 1.165) is 11.0 Å². The number of urea groups is 1. The molecule has 0 unspecified atom stereocenters. The Balaban J connectivity index is 1.96. The van der Waals surface area contributed by atoms with Gasteiger partial charge in [-0.25, -0.2) is 14.0 Å². The molecule has 3 rings (SSSR count). The first-order valence-corrected chi connectivity index (χ1v) is 8.65. The zero-order valence-corrected chi connectivity index (χ0v) is 15.5. The molecule has 1 N–H and O–H groups in total. The number of aromatic nitrogens is 2. The van der Waals surface area contributed by atoms with Gasteiger partial charge in [0.1, 0.15) is 11.4 Å². The van der Waals surface area contributed by atoms with Crippen molar-refractivity contribution in [1.29, 1.82) is 0 Å². The van der Waals surface area contributed by atoms with Crippen LogP contribution in [0.25, 0.3) is 0 Å². The fourth-order valence-corrected chi connectivity index (χ4v) is 3.09. The van der Waals surface area contributed by atoms with Crippen molar-refractivity contribution in [2.75, 3.05) is 18.0 Å². The van der Waals surface area contributed by atoms with E-state index in [1.54, 1.807) is 0 Å². The second kappa shape index (κ2) is 7.86. The molecule has 0 spiro atoms. The Kier molecular flexibility index (Phi) is 5.61. The summed E-state index contributed by atoms with van der Waals surface area (Å²) < 4.78 is 53.8. The Morgan fingerprint density at radius 1 is 1.13 bits per heavy atom. The molecule has 0 atom stereocenters. The van der Waals surface area contributed by atoms with Crippen LogP contribution in [0.3, 0.4) is 0 Å². The lowest BCUT2D eigenvalue weighted by Gasteiger charge is -2.33. The van der Waals surface area contributed by atoms with Crippen molar-refractivity contribution in [2.24, 2.45) is 0 Å². The van der Waals surface area contributed by atoms with E-state index in [1.165, 1.54) is 6.07 Å². The van der Waals surface area contributed by atoms with Crippen LogP contribution in [-0.2, 0) is 6.18 Å². The summed E-state index contributed by atoms with van der Waals surface area (Å²) in [5.74, 6) is -4.57. The highest BCUT2D eigenvalue weighted by Crippen LogP contribution is 2.36. The number of carbonyl (C=O) groups excluding carboxylic acids is 2. The van der Waals surface area contributed by atoms with Crippen LogP contribution < -0.4 is 4.90 Å². The third-order valence-corrected chi connectivity index (χ3v) is 4.40. The minimum absolute atomic E-state index is 0.0553. The number of carboxylic acids is 1. The molecule has 0 aliphatic carbocycles. The lowest BCUT2D eigenvalue weighted by atomic mass is 10.0. The molecule has 0 saturated carbocycles. The molecule has 0 bridgehead atoms. The topological polar surface area (TPSA) is 104 Å². The summed E-state index contributed by atoms with van der Waals surface area (Å²) in [7, 11) is 0. The van der Waals surface area contributed by atoms with Gasteiger partial charge in [-0.1, -0.05) is 11.6 Å². The van der Waals surface area contributed by atoms with Gasteiger partial charge in [0.15, 0.2) is 11.5 Å². The average Bonchev–Trinajstić information content (AvgIpc) is 2.66. The molecule has 1 aliphatic rings. The van der Waals surface area contributed by atoms with Gasteiger partial charge in [-0.05, 0) is 30.7 Å². The number of benzene rings is 1. The highest BCUT2D eigenvalue weighted by molar-refractivity contribution is 6.31. The first-order chi connectivity index (χ1) is 14.0. The quantitative estimate of drug-likeness (QED) is 0.724. The van der Waals surface area contributed by atoms with Gasteiger partial charge in [0.25, 0.3) is 5.91 Å². The van der Waals surface area contributed by atoms with Crippen LogP contribution in [0.4, 0.5) is 28.2 Å². The van der Waals surface area contributed by atoms with E-state index in [-0.39, 0.29) is 31.0 Å². The van der Waals surface area contributed by atoms with E-state index in [9.17, 15) is 31.9 Å². The minimum atomic E-state index is -5.20. The van der Waals surface area contributed by atoms with Crippen LogP contribution in [0.1, 0.15) is 32.8 Å². The average molecular weight is 447 g/mol. The number of hydrogen-bond donors (Lipinski definition) is 1. The third kappa shape index (κ3) is 4.03. The maximum absolute atomic E-state index is 13.9. The number of carbonyl (C=O) groups is 3. The summed E-state index contributed by atoms with van der Waals surface area (Å²) in [6, 6.07) is 2.29. The zero-order valence-electron chi connectivity index (χ0n) is 14.8. The number of aromatic carboxylic acids is 1. The van der Waals surface area contributed by atoms with E-state index in [0.29, 0.717) is 17.0 Å². The molecular formula is C17H11ClF4N4O4. The minimum Gasteiger partial charge on any atom is -0.476 e. The number of imide groups is 1. The number of halogens is 5. The number of carboxylic acid groups (broad SMARTS) is 1. The highest BCUT2D eigenvalue weighted by atomic mass is 35.5. The molecule has 1 aliphatic heterocycles. The van der Waals surface area contributed by atoms with E-state index in [4.69, 9.17) is 16.7 Å². The number of nitrogens with zero attached hydrogens (tertiary/aromatic N) is 4. The van der Waals surface area contributed by atoms with Crippen molar-refractivity contribution in [3.63, 3.8) is 0 Å². The van der Waals surface area contributed by atoms with Gasteiger partial charge in [-0.3, -0.25) is 14.6 Å². The maximum Gasteiger partial charge on any atom is 0.420 e. The molecule has 13 heteroatoms. The van der Waals surface area contributed by atoms with Crippen LogP contribution in [-0.4, -0.2) is 51.2 Å². The third-order valence-electron chi connectivity index (χ3n) is 4.19. The van der Waals surface area contributed by atoms with Gasteiger partial charge in [0, 0.05) is 18.1 Å². The molecule has 3 amide bonds.